The molecule has 6 nitrogen and oxygen atoms in total. The molecule has 3 aromatic rings. The van der Waals surface area contributed by atoms with Gasteiger partial charge in [0.15, 0.2) is 11.5 Å². The van der Waals surface area contributed by atoms with E-state index in [1.807, 2.05) is 30.3 Å². The van der Waals surface area contributed by atoms with Crippen LogP contribution < -0.4 is 14.9 Å². The van der Waals surface area contributed by atoms with E-state index in [0.717, 1.165) is 5.56 Å². The number of carbonyl (C=O) groups is 2. The van der Waals surface area contributed by atoms with Gasteiger partial charge in [-0.1, -0.05) is 53.5 Å². The SMILES string of the molecule is COc1cc(C=NNC(=O)Cc2ccccc2)ccc1OC(=O)c1ccc(Cl)cc1Cl. The minimum Gasteiger partial charge on any atom is -0.493 e. The summed E-state index contributed by atoms with van der Waals surface area (Å²) in [7, 11) is 1.45. The number of hydrogen-bond acceptors (Lipinski definition) is 5. The van der Waals surface area contributed by atoms with Gasteiger partial charge in [0.1, 0.15) is 0 Å². The summed E-state index contributed by atoms with van der Waals surface area (Å²) in [5.41, 5.74) is 4.19. The average molecular weight is 457 g/mol. The molecule has 0 fully saturated rings. The van der Waals surface area contributed by atoms with Gasteiger partial charge in [0.25, 0.3) is 0 Å². The van der Waals surface area contributed by atoms with E-state index >= 15 is 0 Å². The van der Waals surface area contributed by atoms with E-state index in [4.69, 9.17) is 32.7 Å². The molecule has 8 heteroatoms. The standard InChI is InChI=1S/C23H18Cl2N2O4/c1-30-21-11-16(14-26-27-22(28)12-15-5-3-2-4-6-15)7-10-20(21)31-23(29)18-9-8-17(24)13-19(18)25/h2-11,13-14H,12H2,1H3,(H,27,28). The van der Waals surface area contributed by atoms with Crippen molar-refractivity contribution < 1.29 is 19.1 Å². The third kappa shape index (κ3) is 6.31. The van der Waals surface area contributed by atoms with Crippen LogP contribution in [0.25, 0.3) is 0 Å². The lowest BCUT2D eigenvalue weighted by Crippen LogP contribution is -2.19. The number of carbonyl (C=O) groups excluding carboxylic acids is 2. The van der Waals surface area contributed by atoms with Crippen molar-refractivity contribution in [1.82, 2.24) is 5.43 Å². The molecule has 0 heterocycles. The predicted octanol–water partition coefficient (Wildman–Crippen LogP) is 4.91. The van der Waals surface area contributed by atoms with Crippen LogP contribution in [-0.4, -0.2) is 25.2 Å². The third-order valence-electron chi connectivity index (χ3n) is 4.15. The topological polar surface area (TPSA) is 77.0 Å². The zero-order valence-corrected chi connectivity index (χ0v) is 18.0. The van der Waals surface area contributed by atoms with Crippen LogP contribution >= 0.6 is 23.2 Å². The normalized spacial score (nSPS) is 10.7. The second-order valence-electron chi connectivity index (χ2n) is 6.38. The highest BCUT2D eigenvalue weighted by Crippen LogP contribution is 2.29. The summed E-state index contributed by atoms with van der Waals surface area (Å²) >= 11 is 11.9. The van der Waals surface area contributed by atoms with Crippen LogP contribution in [0, 0.1) is 0 Å². The van der Waals surface area contributed by atoms with Crippen LogP contribution in [0.4, 0.5) is 0 Å². The molecule has 0 radical (unpaired) electrons. The Morgan fingerprint density at radius 1 is 1.00 bits per heavy atom. The van der Waals surface area contributed by atoms with Gasteiger partial charge < -0.3 is 9.47 Å². The van der Waals surface area contributed by atoms with Crippen LogP contribution in [0.1, 0.15) is 21.5 Å². The Kier molecular flexibility index (Phi) is 7.65. The van der Waals surface area contributed by atoms with Crippen LogP contribution in [0.2, 0.25) is 10.0 Å². The van der Waals surface area contributed by atoms with Gasteiger partial charge in [-0.2, -0.15) is 5.10 Å². The summed E-state index contributed by atoms with van der Waals surface area (Å²) in [6.07, 6.45) is 1.69. The molecule has 0 aromatic heterocycles. The summed E-state index contributed by atoms with van der Waals surface area (Å²) < 4.78 is 10.7. The molecule has 0 aliphatic rings. The summed E-state index contributed by atoms with van der Waals surface area (Å²) in [6, 6.07) is 18.7. The minimum absolute atomic E-state index is 0.180. The number of esters is 1. The smallest absolute Gasteiger partial charge is 0.345 e. The zero-order chi connectivity index (χ0) is 22.2. The van der Waals surface area contributed by atoms with Crippen molar-refractivity contribution in [2.45, 2.75) is 6.42 Å². The molecule has 0 atom stereocenters. The van der Waals surface area contributed by atoms with Crippen molar-refractivity contribution in [1.29, 1.82) is 0 Å². The number of ether oxygens (including phenoxy) is 2. The van der Waals surface area contributed by atoms with Gasteiger partial charge in [-0.25, -0.2) is 10.2 Å². The van der Waals surface area contributed by atoms with Gasteiger partial charge in [0.05, 0.1) is 30.3 Å². The Labute approximate surface area is 189 Å². The van der Waals surface area contributed by atoms with Crippen LogP contribution in [0.5, 0.6) is 11.5 Å². The number of amides is 1. The van der Waals surface area contributed by atoms with Gasteiger partial charge >= 0.3 is 5.97 Å². The van der Waals surface area contributed by atoms with Gasteiger partial charge in [0.2, 0.25) is 5.91 Å². The Morgan fingerprint density at radius 2 is 1.77 bits per heavy atom. The molecular formula is C23H18Cl2N2O4. The fourth-order valence-electron chi connectivity index (χ4n) is 2.66. The Hall–Kier alpha value is -3.35. The average Bonchev–Trinajstić information content (AvgIpc) is 2.75. The molecular weight excluding hydrogens is 439 g/mol. The number of hydrazone groups is 1. The van der Waals surface area contributed by atoms with E-state index in [-0.39, 0.29) is 28.7 Å². The number of hydrogen-bond donors (Lipinski definition) is 1. The highest BCUT2D eigenvalue weighted by atomic mass is 35.5. The fraction of sp³-hybridized carbons (Fsp3) is 0.0870. The summed E-state index contributed by atoms with van der Waals surface area (Å²) in [5, 5.41) is 4.56. The number of nitrogens with zero attached hydrogens (tertiary/aromatic N) is 1. The molecule has 0 bridgehead atoms. The van der Waals surface area contributed by atoms with E-state index in [2.05, 4.69) is 10.5 Å². The highest BCUT2D eigenvalue weighted by Gasteiger charge is 2.16. The second kappa shape index (κ2) is 10.6. The second-order valence-corrected chi connectivity index (χ2v) is 7.22. The van der Waals surface area contributed by atoms with Crippen molar-refractivity contribution in [3.8, 4) is 11.5 Å². The number of benzene rings is 3. The predicted molar refractivity (Wildman–Crippen MR) is 120 cm³/mol. The van der Waals surface area contributed by atoms with E-state index in [9.17, 15) is 9.59 Å². The molecule has 0 aliphatic heterocycles. The Balaban J connectivity index is 1.64. The number of methoxy groups -OCH3 is 1. The maximum atomic E-state index is 12.4. The first kappa shape index (κ1) is 22.3. The summed E-state index contributed by atoms with van der Waals surface area (Å²) in [4.78, 5) is 24.4. The molecule has 158 valence electrons. The van der Waals surface area contributed by atoms with Gasteiger partial charge in [0, 0.05) is 5.02 Å². The van der Waals surface area contributed by atoms with Crippen molar-refractivity contribution in [2.24, 2.45) is 5.10 Å². The van der Waals surface area contributed by atoms with Crippen molar-refractivity contribution in [3.05, 3.63) is 93.5 Å². The van der Waals surface area contributed by atoms with Gasteiger partial charge in [-0.05, 0) is 47.5 Å². The van der Waals surface area contributed by atoms with Crippen molar-refractivity contribution in [3.63, 3.8) is 0 Å². The zero-order valence-electron chi connectivity index (χ0n) is 16.5. The fourth-order valence-corrected chi connectivity index (χ4v) is 3.14. The lowest BCUT2D eigenvalue weighted by atomic mass is 10.1. The molecule has 3 rings (SSSR count). The number of halogens is 2. The van der Waals surface area contributed by atoms with E-state index in [1.165, 1.54) is 25.5 Å². The first-order valence-corrected chi connectivity index (χ1v) is 9.93. The molecule has 0 saturated carbocycles. The lowest BCUT2D eigenvalue weighted by Gasteiger charge is -2.10. The maximum Gasteiger partial charge on any atom is 0.345 e. The van der Waals surface area contributed by atoms with Crippen LogP contribution in [0.3, 0.4) is 0 Å². The number of rotatable bonds is 7. The molecule has 1 N–H and O–H groups in total. The summed E-state index contributed by atoms with van der Waals surface area (Å²) in [5.74, 6) is -0.351. The maximum absolute atomic E-state index is 12.4. The van der Waals surface area contributed by atoms with E-state index in [1.54, 1.807) is 24.3 Å². The largest absolute Gasteiger partial charge is 0.493 e. The Bertz CT molecular complexity index is 1120. The molecule has 0 saturated heterocycles. The summed E-state index contributed by atoms with van der Waals surface area (Å²) in [6.45, 7) is 0. The molecule has 1 amide bonds. The van der Waals surface area contributed by atoms with Crippen LogP contribution in [0.15, 0.2) is 71.8 Å². The highest BCUT2D eigenvalue weighted by molar-refractivity contribution is 6.36. The van der Waals surface area contributed by atoms with Crippen molar-refractivity contribution >= 4 is 41.3 Å². The monoisotopic (exact) mass is 456 g/mol. The molecule has 0 spiro atoms. The third-order valence-corrected chi connectivity index (χ3v) is 4.70. The molecule has 31 heavy (non-hydrogen) atoms. The first-order chi connectivity index (χ1) is 15.0. The lowest BCUT2D eigenvalue weighted by molar-refractivity contribution is -0.120. The van der Waals surface area contributed by atoms with E-state index in [0.29, 0.717) is 16.3 Å². The van der Waals surface area contributed by atoms with Gasteiger partial charge in [-0.3, -0.25) is 4.79 Å². The first-order valence-electron chi connectivity index (χ1n) is 9.17. The molecule has 0 aliphatic carbocycles. The van der Waals surface area contributed by atoms with Crippen molar-refractivity contribution in [2.75, 3.05) is 7.11 Å². The molecule has 3 aromatic carbocycles. The number of nitrogens with one attached hydrogen (secondary N) is 1. The van der Waals surface area contributed by atoms with E-state index < -0.39 is 5.97 Å². The quantitative estimate of drug-likeness (QED) is 0.237. The Morgan fingerprint density at radius 3 is 2.48 bits per heavy atom. The van der Waals surface area contributed by atoms with Gasteiger partial charge in [-0.15, -0.1) is 0 Å². The van der Waals surface area contributed by atoms with Crippen LogP contribution in [-0.2, 0) is 11.2 Å². The molecule has 0 unspecified atom stereocenters. The minimum atomic E-state index is -0.644.